The summed E-state index contributed by atoms with van der Waals surface area (Å²) in [6.45, 7) is 6.70. The first-order valence-corrected chi connectivity index (χ1v) is 8.50. The van der Waals surface area contributed by atoms with E-state index >= 15 is 0 Å². The Balaban J connectivity index is 5.48. The lowest BCUT2D eigenvalue weighted by molar-refractivity contribution is -0.138. The van der Waals surface area contributed by atoms with E-state index in [1.165, 1.54) is 6.92 Å². The van der Waals surface area contributed by atoms with Gasteiger partial charge in [0.1, 0.15) is 10.3 Å². The Morgan fingerprint density at radius 1 is 1.10 bits per heavy atom. The highest BCUT2D eigenvalue weighted by Crippen LogP contribution is 2.51. The van der Waals surface area contributed by atoms with E-state index in [-0.39, 0.29) is 35.6 Å². The van der Waals surface area contributed by atoms with Crippen molar-refractivity contribution >= 4 is 37.0 Å². The average Bonchev–Trinajstić information content (AvgIpc) is 2.36. The van der Waals surface area contributed by atoms with E-state index in [9.17, 15) is 9.36 Å². The Morgan fingerprint density at radius 3 is 2.00 bits per heavy atom. The molecule has 9 heteroatoms. The van der Waals surface area contributed by atoms with Gasteiger partial charge in [0.2, 0.25) is 0 Å². The van der Waals surface area contributed by atoms with Crippen LogP contribution in [0.4, 0.5) is 0 Å². The lowest BCUT2D eigenvalue weighted by Gasteiger charge is -2.18. The fourth-order valence-corrected chi connectivity index (χ4v) is 2.71. The van der Waals surface area contributed by atoms with Crippen molar-refractivity contribution in [2.75, 3.05) is 19.8 Å². The van der Waals surface area contributed by atoms with E-state index < -0.39 is 13.8 Å². The summed E-state index contributed by atoms with van der Waals surface area (Å²) in [5, 5.41) is 0. The molecule has 0 N–H and O–H groups in total. The minimum absolute atomic E-state index is 0.0301. The normalized spacial score (nSPS) is 12.5. The van der Waals surface area contributed by atoms with Gasteiger partial charge in [0, 0.05) is 0 Å². The molecule has 21 heavy (non-hydrogen) atoms. The Labute approximate surface area is 134 Å². The molecule has 0 saturated heterocycles. The Kier molecular flexibility index (Phi) is 9.99. The van der Waals surface area contributed by atoms with Crippen LogP contribution in [0.25, 0.3) is 0 Å². The van der Waals surface area contributed by atoms with Crippen molar-refractivity contribution < 1.29 is 27.7 Å². The number of ether oxygens (including phenoxy) is 1. The number of hydrogen-bond donors (Lipinski definition) is 0. The van der Waals surface area contributed by atoms with Gasteiger partial charge in [-0.3, -0.25) is 9.05 Å². The lowest BCUT2D eigenvalue weighted by atomic mass is 10.2. The average molecular weight is 361 g/mol. The monoisotopic (exact) mass is 360 g/mol. The molecule has 0 unspecified atom stereocenters. The minimum atomic E-state index is -3.81. The number of esters is 1. The van der Waals surface area contributed by atoms with Crippen LogP contribution < -0.4 is 0 Å². The first-order chi connectivity index (χ1) is 9.79. The highest BCUT2D eigenvalue weighted by atomic mass is 35.5. The summed E-state index contributed by atoms with van der Waals surface area (Å²) in [7, 11) is -3.81. The minimum Gasteiger partial charge on any atom is -0.462 e. The number of hydrogen-bond acceptors (Lipinski definition) is 6. The zero-order valence-electron chi connectivity index (χ0n) is 12.4. The maximum atomic E-state index is 12.3. The first kappa shape index (κ1) is 20.5. The maximum absolute atomic E-state index is 12.3. The Morgan fingerprint density at radius 2 is 1.62 bits per heavy atom. The van der Waals surface area contributed by atoms with Gasteiger partial charge in [-0.2, -0.15) is 0 Å². The molecule has 0 aliphatic rings. The Bertz CT molecular complexity index is 447. The third-order valence-corrected chi connectivity index (χ3v) is 3.82. The SMILES string of the molecule is CCOC(=O)/C(C=C(Cl)Cl)=C(\C)OP(=O)(OCC)OCC. The van der Waals surface area contributed by atoms with Gasteiger partial charge < -0.3 is 9.26 Å². The summed E-state index contributed by atoms with van der Waals surface area (Å²) in [4.78, 5) is 11.8. The summed E-state index contributed by atoms with van der Waals surface area (Å²) in [5.41, 5.74) is -0.0727. The summed E-state index contributed by atoms with van der Waals surface area (Å²) < 4.78 is 32.1. The van der Waals surface area contributed by atoms with E-state index in [1.54, 1.807) is 20.8 Å². The van der Waals surface area contributed by atoms with Crippen molar-refractivity contribution in [1.82, 2.24) is 0 Å². The molecule has 0 bridgehead atoms. The van der Waals surface area contributed by atoms with Crippen molar-refractivity contribution in [1.29, 1.82) is 0 Å². The molecule has 0 atom stereocenters. The summed E-state index contributed by atoms with van der Waals surface area (Å²) >= 11 is 11.1. The van der Waals surface area contributed by atoms with Gasteiger partial charge in [-0.15, -0.1) is 0 Å². The van der Waals surface area contributed by atoms with Crippen LogP contribution in [0.1, 0.15) is 27.7 Å². The molecule has 6 nitrogen and oxygen atoms in total. The fourth-order valence-electron chi connectivity index (χ4n) is 1.25. The summed E-state index contributed by atoms with van der Waals surface area (Å²) in [6, 6.07) is 0. The molecular weight excluding hydrogens is 342 g/mol. The van der Waals surface area contributed by atoms with Gasteiger partial charge in [-0.1, -0.05) is 23.2 Å². The van der Waals surface area contributed by atoms with Crippen LogP contribution in [0.5, 0.6) is 0 Å². The van der Waals surface area contributed by atoms with Gasteiger partial charge in [-0.05, 0) is 33.8 Å². The second-order valence-electron chi connectivity index (χ2n) is 3.50. The number of halogens is 2. The van der Waals surface area contributed by atoms with Gasteiger partial charge >= 0.3 is 13.8 Å². The highest BCUT2D eigenvalue weighted by molar-refractivity contribution is 7.48. The van der Waals surface area contributed by atoms with Crippen LogP contribution in [-0.4, -0.2) is 25.8 Å². The van der Waals surface area contributed by atoms with Crippen LogP contribution in [-0.2, 0) is 27.7 Å². The number of phosphoric ester groups is 1. The van der Waals surface area contributed by atoms with E-state index in [4.69, 9.17) is 41.5 Å². The molecule has 0 aromatic rings. The van der Waals surface area contributed by atoms with E-state index in [0.717, 1.165) is 6.08 Å². The number of carbonyl (C=O) groups excluding carboxylic acids is 1. The van der Waals surface area contributed by atoms with Crippen LogP contribution >= 0.6 is 31.0 Å². The zero-order valence-corrected chi connectivity index (χ0v) is 14.8. The molecule has 122 valence electrons. The molecule has 0 aromatic heterocycles. The third kappa shape index (κ3) is 7.88. The van der Waals surface area contributed by atoms with Crippen LogP contribution in [0, 0.1) is 0 Å². The molecular formula is C12H19Cl2O6P. The quantitative estimate of drug-likeness (QED) is 0.200. The first-order valence-electron chi connectivity index (χ1n) is 6.29. The summed E-state index contributed by atoms with van der Waals surface area (Å²) in [5.74, 6) is -0.745. The molecule has 0 saturated carbocycles. The fraction of sp³-hybridized carbons (Fsp3) is 0.583. The van der Waals surface area contributed by atoms with Gasteiger partial charge in [0.25, 0.3) is 0 Å². The lowest BCUT2D eigenvalue weighted by Crippen LogP contribution is -2.10. The van der Waals surface area contributed by atoms with E-state index in [2.05, 4.69) is 0 Å². The number of phosphoric acid groups is 1. The van der Waals surface area contributed by atoms with Gasteiger partial charge in [0.15, 0.2) is 0 Å². The molecule has 0 heterocycles. The smallest absolute Gasteiger partial charge is 0.462 e. The van der Waals surface area contributed by atoms with Crippen LogP contribution in [0.3, 0.4) is 0 Å². The number of rotatable bonds is 9. The second kappa shape index (κ2) is 10.2. The van der Waals surface area contributed by atoms with Crippen LogP contribution in [0.2, 0.25) is 0 Å². The number of allylic oxidation sites excluding steroid dienone is 1. The maximum Gasteiger partial charge on any atom is 0.529 e. The topological polar surface area (TPSA) is 71.1 Å². The number of carbonyl (C=O) groups is 1. The van der Waals surface area contributed by atoms with Crippen molar-refractivity contribution in [3.05, 3.63) is 21.9 Å². The van der Waals surface area contributed by atoms with Crippen LogP contribution in [0.15, 0.2) is 21.9 Å². The zero-order chi connectivity index (χ0) is 16.5. The van der Waals surface area contributed by atoms with E-state index in [1.807, 2.05) is 0 Å². The molecule has 0 spiro atoms. The molecule has 0 fully saturated rings. The van der Waals surface area contributed by atoms with Crippen molar-refractivity contribution in [2.24, 2.45) is 0 Å². The second-order valence-corrected chi connectivity index (χ2v) is 6.10. The van der Waals surface area contributed by atoms with Crippen molar-refractivity contribution in [2.45, 2.75) is 27.7 Å². The molecule has 0 amide bonds. The van der Waals surface area contributed by atoms with Crippen molar-refractivity contribution in [3.63, 3.8) is 0 Å². The molecule has 0 aliphatic carbocycles. The van der Waals surface area contributed by atoms with Gasteiger partial charge in [-0.25, -0.2) is 9.36 Å². The predicted octanol–water partition coefficient (Wildman–Crippen LogP) is 4.34. The standard InChI is InChI=1S/C12H19Cl2O6P/c1-5-17-12(15)10(8-11(13)14)9(4)20-21(16,18-6-2)19-7-3/h8H,5-7H2,1-4H3/b10-9+. The highest BCUT2D eigenvalue weighted by Gasteiger charge is 2.29. The molecule has 0 aliphatic heterocycles. The largest absolute Gasteiger partial charge is 0.529 e. The predicted molar refractivity (Wildman–Crippen MR) is 81.1 cm³/mol. The third-order valence-electron chi connectivity index (χ3n) is 1.95. The van der Waals surface area contributed by atoms with Crippen molar-refractivity contribution in [3.8, 4) is 0 Å². The summed E-state index contributed by atoms with van der Waals surface area (Å²) in [6.07, 6.45) is 1.14. The van der Waals surface area contributed by atoms with E-state index in [0.29, 0.717) is 0 Å². The molecule has 0 radical (unpaired) electrons. The molecule has 0 rings (SSSR count). The molecule has 0 aromatic carbocycles. The Hall–Kier alpha value is -0.520. The van der Waals surface area contributed by atoms with Gasteiger partial charge in [0.05, 0.1) is 25.4 Å².